The van der Waals surface area contributed by atoms with E-state index < -0.39 is 6.10 Å². The molecule has 0 saturated heterocycles. The molecular formula is C13H21Cl2NO. The second kappa shape index (κ2) is 7.93. The van der Waals surface area contributed by atoms with Gasteiger partial charge in [0.15, 0.2) is 0 Å². The van der Waals surface area contributed by atoms with Crippen molar-refractivity contribution < 1.29 is 5.11 Å². The number of nitrogens with two attached hydrogens (primary N) is 1. The van der Waals surface area contributed by atoms with Crippen molar-refractivity contribution in [1.82, 2.24) is 0 Å². The van der Waals surface area contributed by atoms with Crippen molar-refractivity contribution in [3.05, 3.63) is 34.3 Å². The molecule has 2 nitrogen and oxygen atoms in total. The lowest BCUT2D eigenvalue weighted by atomic mass is 9.98. The van der Waals surface area contributed by atoms with Crippen molar-refractivity contribution in [2.24, 2.45) is 5.73 Å². The van der Waals surface area contributed by atoms with E-state index in [1.807, 2.05) is 25.1 Å². The van der Waals surface area contributed by atoms with Crippen LogP contribution in [0.25, 0.3) is 0 Å². The van der Waals surface area contributed by atoms with Gasteiger partial charge in [0.05, 0.1) is 12.1 Å². The third kappa shape index (κ3) is 4.84. The van der Waals surface area contributed by atoms with Crippen molar-refractivity contribution in [2.75, 3.05) is 0 Å². The number of halogens is 2. The molecule has 0 aliphatic heterocycles. The van der Waals surface area contributed by atoms with E-state index in [1.54, 1.807) is 0 Å². The smallest absolute Gasteiger partial charge is 0.0732 e. The standard InChI is InChI=1S/C13H20ClNO.ClH/c1-3-4-5-12(16)13(15)10-7-6-9(2)11(14)8-10;/h6-8,12-13,16H,3-5,15H2,1-2H3;1H/t12-,13+;/m0./s1. The molecule has 0 aliphatic rings. The van der Waals surface area contributed by atoms with Gasteiger partial charge in [-0.3, -0.25) is 0 Å². The molecule has 0 unspecified atom stereocenters. The number of benzene rings is 1. The molecule has 1 rings (SSSR count). The van der Waals surface area contributed by atoms with E-state index in [0.29, 0.717) is 5.02 Å². The van der Waals surface area contributed by atoms with Gasteiger partial charge in [0, 0.05) is 5.02 Å². The van der Waals surface area contributed by atoms with E-state index in [1.165, 1.54) is 0 Å². The first-order valence-electron chi connectivity index (χ1n) is 5.76. The van der Waals surface area contributed by atoms with E-state index in [-0.39, 0.29) is 18.4 Å². The minimum Gasteiger partial charge on any atom is -0.391 e. The van der Waals surface area contributed by atoms with E-state index in [0.717, 1.165) is 30.4 Å². The van der Waals surface area contributed by atoms with Gasteiger partial charge in [-0.1, -0.05) is 43.5 Å². The predicted molar refractivity (Wildman–Crippen MR) is 75.9 cm³/mol. The summed E-state index contributed by atoms with van der Waals surface area (Å²) in [7, 11) is 0. The van der Waals surface area contributed by atoms with Gasteiger partial charge >= 0.3 is 0 Å². The predicted octanol–water partition coefficient (Wildman–Crippen LogP) is 3.62. The average molecular weight is 278 g/mol. The van der Waals surface area contributed by atoms with Crippen molar-refractivity contribution in [2.45, 2.75) is 45.3 Å². The van der Waals surface area contributed by atoms with Crippen LogP contribution in [0.1, 0.15) is 43.4 Å². The molecule has 0 spiro atoms. The highest BCUT2D eigenvalue weighted by Crippen LogP contribution is 2.23. The van der Waals surface area contributed by atoms with Gasteiger partial charge in [-0.05, 0) is 30.5 Å². The highest BCUT2D eigenvalue weighted by molar-refractivity contribution is 6.31. The Hall–Kier alpha value is -0.280. The molecular weight excluding hydrogens is 257 g/mol. The zero-order valence-corrected chi connectivity index (χ0v) is 11.9. The SMILES string of the molecule is CCCC[C@H](O)[C@H](N)c1ccc(C)c(Cl)c1.Cl. The molecule has 1 aromatic carbocycles. The normalized spacial score (nSPS) is 13.9. The third-order valence-electron chi connectivity index (χ3n) is 2.85. The molecule has 2 atom stereocenters. The van der Waals surface area contributed by atoms with Crippen molar-refractivity contribution >= 4 is 24.0 Å². The molecule has 0 radical (unpaired) electrons. The summed E-state index contributed by atoms with van der Waals surface area (Å²) in [6.07, 6.45) is 2.31. The molecule has 3 N–H and O–H groups in total. The Kier molecular flexibility index (Phi) is 7.80. The van der Waals surface area contributed by atoms with Crippen LogP contribution in [0.5, 0.6) is 0 Å². The molecule has 4 heteroatoms. The fourth-order valence-corrected chi connectivity index (χ4v) is 1.82. The van der Waals surface area contributed by atoms with Crippen LogP contribution in [0, 0.1) is 6.92 Å². The molecule has 0 aromatic heterocycles. The summed E-state index contributed by atoms with van der Waals surface area (Å²) in [5.41, 5.74) is 7.92. The van der Waals surface area contributed by atoms with Gasteiger partial charge in [0.1, 0.15) is 0 Å². The first-order valence-corrected chi connectivity index (χ1v) is 6.13. The largest absolute Gasteiger partial charge is 0.391 e. The maximum absolute atomic E-state index is 9.89. The Morgan fingerprint density at radius 1 is 1.41 bits per heavy atom. The maximum Gasteiger partial charge on any atom is 0.0732 e. The van der Waals surface area contributed by atoms with Crippen LogP contribution in [-0.4, -0.2) is 11.2 Å². The van der Waals surface area contributed by atoms with Crippen LogP contribution in [0.4, 0.5) is 0 Å². The number of rotatable bonds is 5. The molecule has 0 saturated carbocycles. The summed E-state index contributed by atoms with van der Waals surface area (Å²) in [4.78, 5) is 0. The van der Waals surface area contributed by atoms with Gasteiger partial charge in [-0.25, -0.2) is 0 Å². The lowest BCUT2D eigenvalue weighted by molar-refractivity contribution is 0.132. The second-order valence-corrected chi connectivity index (χ2v) is 4.65. The Bertz CT molecular complexity index is 344. The van der Waals surface area contributed by atoms with Crippen molar-refractivity contribution in [1.29, 1.82) is 0 Å². The lowest BCUT2D eigenvalue weighted by Gasteiger charge is -2.19. The molecule has 98 valence electrons. The van der Waals surface area contributed by atoms with Crippen LogP contribution in [0.15, 0.2) is 18.2 Å². The minimum absolute atomic E-state index is 0. The number of hydrogen-bond donors (Lipinski definition) is 2. The highest BCUT2D eigenvalue weighted by Gasteiger charge is 2.16. The quantitative estimate of drug-likeness (QED) is 0.864. The molecule has 0 aliphatic carbocycles. The highest BCUT2D eigenvalue weighted by atomic mass is 35.5. The zero-order chi connectivity index (χ0) is 12.1. The van der Waals surface area contributed by atoms with Gasteiger partial charge in [0.2, 0.25) is 0 Å². The molecule has 17 heavy (non-hydrogen) atoms. The maximum atomic E-state index is 9.89. The Labute approximate surface area is 115 Å². The summed E-state index contributed by atoms with van der Waals surface area (Å²) in [5, 5.41) is 10.6. The van der Waals surface area contributed by atoms with Gasteiger partial charge in [0.25, 0.3) is 0 Å². The number of aryl methyl sites for hydroxylation is 1. The first-order chi connectivity index (χ1) is 7.56. The third-order valence-corrected chi connectivity index (χ3v) is 3.26. The number of unbranched alkanes of at least 4 members (excludes halogenated alkanes) is 1. The Balaban J connectivity index is 0.00000256. The monoisotopic (exact) mass is 277 g/mol. The summed E-state index contributed by atoms with van der Waals surface area (Å²) in [6.45, 7) is 4.05. The van der Waals surface area contributed by atoms with E-state index in [2.05, 4.69) is 6.92 Å². The average Bonchev–Trinajstić information content (AvgIpc) is 2.28. The van der Waals surface area contributed by atoms with E-state index in [4.69, 9.17) is 17.3 Å². The molecule has 0 fully saturated rings. The Morgan fingerprint density at radius 3 is 2.59 bits per heavy atom. The molecule has 0 amide bonds. The lowest BCUT2D eigenvalue weighted by Crippen LogP contribution is -2.26. The van der Waals surface area contributed by atoms with Crippen LogP contribution < -0.4 is 5.73 Å². The summed E-state index contributed by atoms with van der Waals surface area (Å²) < 4.78 is 0. The zero-order valence-electron chi connectivity index (χ0n) is 10.3. The van der Waals surface area contributed by atoms with Crippen LogP contribution in [-0.2, 0) is 0 Å². The van der Waals surface area contributed by atoms with E-state index in [9.17, 15) is 5.11 Å². The van der Waals surface area contributed by atoms with Crippen LogP contribution in [0.2, 0.25) is 5.02 Å². The fourth-order valence-electron chi connectivity index (χ4n) is 1.63. The van der Waals surface area contributed by atoms with Crippen LogP contribution in [0.3, 0.4) is 0 Å². The molecule has 1 aromatic rings. The van der Waals surface area contributed by atoms with Crippen molar-refractivity contribution in [3.8, 4) is 0 Å². The van der Waals surface area contributed by atoms with Gasteiger partial charge in [-0.15, -0.1) is 12.4 Å². The first kappa shape index (κ1) is 16.7. The van der Waals surface area contributed by atoms with Gasteiger partial charge in [-0.2, -0.15) is 0 Å². The fraction of sp³-hybridized carbons (Fsp3) is 0.538. The molecule has 0 heterocycles. The Morgan fingerprint density at radius 2 is 2.06 bits per heavy atom. The minimum atomic E-state index is -0.487. The summed E-state index contributed by atoms with van der Waals surface area (Å²) in [6, 6.07) is 5.37. The summed E-state index contributed by atoms with van der Waals surface area (Å²) in [5.74, 6) is 0. The summed E-state index contributed by atoms with van der Waals surface area (Å²) >= 11 is 6.03. The number of aliphatic hydroxyl groups is 1. The topological polar surface area (TPSA) is 46.2 Å². The number of aliphatic hydroxyl groups excluding tert-OH is 1. The molecule has 0 bridgehead atoms. The van der Waals surface area contributed by atoms with Crippen LogP contribution >= 0.6 is 24.0 Å². The second-order valence-electron chi connectivity index (χ2n) is 4.24. The van der Waals surface area contributed by atoms with E-state index >= 15 is 0 Å². The number of hydrogen-bond acceptors (Lipinski definition) is 2. The van der Waals surface area contributed by atoms with Gasteiger partial charge < -0.3 is 10.8 Å². The van der Waals surface area contributed by atoms with Crippen molar-refractivity contribution in [3.63, 3.8) is 0 Å².